The molecule has 32 valence electrons. The Morgan fingerprint density at radius 3 is 1.29 bits per heavy atom. The molecule has 0 aliphatic carbocycles. The van der Waals surface area contributed by atoms with Crippen molar-refractivity contribution in [3.8, 4) is 0 Å². The molecule has 0 aliphatic heterocycles. The van der Waals surface area contributed by atoms with Crippen LogP contribution in [-0.2, 0) is 0 Å². The van der Waals surface area contributed by atoms with E-state index in [0.29, 0.717) is 0 Å². The van der Waals surface area contributed by atoms with Crippen molar-refractivity contribution in [1.82, 2.24) is 0 Å². The fourth-order valence-electron chi connectivity index (χ4n) is 0. The zero-order valence-electron chi connectivity index (χ0n) is 3.88. The van der Waals surface area contributed by atoms with Crippen LogP contribution in [0.15, 0.2) is 0 Å². The van der Waals surface area contributed by atoms with Crippen molar-refractivity contribution in [3.63, 3.8) is 0 Å². The second kappa shape index (κ2) is 15.7. The summed E-state index contributed by atoms with van der Waals surface area (Å²) in [6.45, 7) is 0. The number of rotatable bonds is 0. The van der Waals surface area contributed by atoms with Gasteiger partial charge in [0.05, 0.1) is 0 Å². The van der Waals surface area contributed by atoms with Crippen LogP contribution in [0, 0.1) is 0 Å². The maximum Gasteiger partial charge on any atom is 2.00 e. The number of hydrogen-bond acceptors (Lipinski definition) is 4. The SMILES string of the molecule is O=C([O-])[O-].[Ba+2].[Li+].[OH-]. The zero-order chi connectivity index (χ0) is 3.58. The van der Waals surface area contributed by atoms with E-state index in [9.17, 15) is 0 Å². The molecule has 0 aromatic carbocycles. The molecular formula is CHBaLiO4. The quantitative estimate of drug-likeness (QED) is 0.381. The van der Waals surface area contributed by atoms with Crippen molar-refractivity contribution in [2.75, 3.05) is 0 Å². The molecule has 0 heterocycles. The first kappa shape index (κ1) is 23.8. The summed E-state index contributed by atoms with van der Waals surface area (Å²) in [6, 6.07) is 0. The van der Waals surface area contributed by atoms with Crippen molar-refractivity contribution in [1.29, 1.82) is 0 Å². The third-order valence-corrected chi connectivity index (χ3v) is 0. The first-order valence-electron chi connectivity index (χ1n) is 0.612. The van der Waals surface area contributed by atoms with Gasteiger partial charge in [0.15, 0.2) is 0 Å². The van der Waals surface area contributed by atoms with E-state index in [1.807, 2.05) is 0 Å². The molecule has 7 heavy (non-hydrogen) atoms. The van der Waals surface area contributed by atoms with E-state index in [1.54, 1.807) is 0 Å². The van der Waals surface area contributed by atoms with Gasteiger partial charge in [-0.15, -0.1) is 0 Å². The van der Waals surface area contributed by atoms with Gasteiger partial charge in [0, 0.05) is 0 Å². The number of carbonyl (C=O) groups excluding carboxylic acids is 1. The summed E-state index contributed by atoms with van der Waals surface area (Å²) in [6.07, 6.45) is -2.33. The smallest absolute Gasteiger partial charge is 0.870 e. The van der Waals surface area contributed by atoms with Crippen molar-refractivity contribution >= 4 is 55.0 Å². The largest absolute Gasteiger partial charge is 2.00 e. The normalized spacial score (nSPS) is 3.43. The fourth-order valence-corrected chi connectivity index (χ4v) is 0. The molecule has 0 radical (unpaired) electrons. The van der Waals surface area contributed by atoms with Gasteiger partial charge in [-0.25, -0.2) is 0 Å². The molecule has 0 rings (SSSR count). The van der Waals surface area contributed by atoms with Gasteiger partial charge in [-0.1, -0.05) is 0 Å². The van der Waals surface area contributed by atoms with Gasteiger partial charge in [-0.3, -0.25) is 0 Å². The van der Waals surface area contributed by atoms with E-state index in [4.69, 9.17) is 15.0 Å². The zero-order valence-corrected chi connectivity index (χ0v) is 8.32. The summed E-state index contributed by atoms with van der Waals surface area (Å²) < 4.78 is 0. The van der Waals surface area contributed by atoms with Crippen LogP contribution in [0.25, 0.3) is 0 Å². The Labute approximate surface area is 92.8 Å². The average molecular weight is 221 g/mol. The molecule has 0 aromatic heterocycles. The second-order valence-electron chi connectivity index (χ2n) is 0.250. The van der Waals surface area contributed by atoms with E-state index < -0.39 is 6.16 Å². The van der Waals surface area contributed by atoms with E-state index in [-0.39, 0.29) is 73.2 Å². The van der Waals surface area contributed by atoms with Crippen molar-refractivity contribution in [2.45, 2.75) is 0 Å². The molecule has 0 spiro atoms. The molecule has 0 bridgehead atoms. The molecule has 0 aromatic rings. The van der Waals surface area contributed by atoms with Crippen LogP contribution < -0.4 is 29.1 Å². The Bertz CT molecular complexity index is 34.7. The topological polar surface area (TPSA) is 93.2 Å². The molecular weight excluding hydrogens is 220 g/mol. The maximum atomic E-state index is 8.33. The standard InChI is InChI=1S/CH2O3.Ba.Li.H2O/c2-1(3)4;;;/h(H2,2,3,4);;;1H2/q;+2;+1;/p-3. The van der Waals surface area contributed by atoms with Gasteiger partial charge in [0.25, 0.3) is 0 Å². The average Bonchev–Trinajstić information content (AvgIpc) is 0.811. The Kier molecular flexibility index (Phi) is 53.1. The predicted octanol–water partition coefficient (Wildman–Crippen LogP) is -6.00. The number of hydrogen-bond donors (Lipinski definition) is 0. The minimum absolute atomic E-state index is 0. The Hall–Kier alpha value is 1.40. The molecule has 1 N–H and O–H groups in total. The van der Waals surface area contributed by atoms with Crippen LogP contribution in [-0.4, -0.2) is 60.5 Å². The monoisotopic (exact) mass is 222 g/mol. The Morgan fingerprint density at radius 2 is 1.29 bits per heavy atom. The molecule has 6 heteroatoms. The third-order valence-electron chi connectivity index (χ3n) is 0. The number of carboxylic acid groups (broad SMARTS) is 2. The number of carbonyl (C=O) groups is 1. The first-order valence-corrected chi connectivity index (χ1v) is 0.612. The molecule has 0 atom stereocenters. The van der Waals surface area contributed by atoms with E-state index in [2.05, 4.69) is 0 Å². The summed E-state index contributed by atoms with van der Waals surface area (Å²) >= 11 is 0. The Morgan fingerprint density at radius 1 is 1.29 bits per heavy atom. The molecule has 0 fully saturated rings. The van der Waals surface area contributed by atoms with Gasteiger partial charge in [-0.05, 0) is 6.16 Å². The van der Waals surface area contributed by atoms with Crippen LogP contribution in [0.2, 0.25) is 0 Å². The van der Waals surface area contributed by atoms with Crippen LogP contribution in [0.1, 0.15) is 0 Å². The summed E-state index contributed by atoms with van der Waals surface area (Å²) in [5, 5.41) is 16.7. The summed E-state index contributed by atoms with van der Waals surface area (Å²) in [5.74, 6) is 0. The van der Waals surface area contributed by atoms with Crippen molar-refractivity contribution in [3.05, 3.63) is 0 Å². The van der Waals surface area contributed by atoms with Crippen LogP contribution in [0.3, 0.4) is 0 Å². The van der Waals surface area contributed by atoms with E-state index >= 15 is 0 Å². The molecule has 0 amide bonds. The van der Waals surface area contributed by atoms with Crippen LogP contribution in [0.5, 0.6) is 0 Å². The minimum atomic E-state index is -2.33. The fraction of sp³-hybridized carbons (Fsp3) is 0. The van der Waals surface area contributed by atoms with Crippen LogP contribution >= 0.6 is 0 Å². The maximum absolute atomic E-state index is 8.33. The Balaban J connectivity index is -0.0000000150. The first-order chi connectivity index (χ1) is 1.73. The second-order valence-corrected chi connectivity index (χ2v) is 0.250. The van der Waals surface area contributed by atoms with Gasteiger partial charge in [0.1, 0.15) is 0 Å². The van der Waals surface area contributed by atoms with Crippen molar-refractivity contribution in [2.24, 2.45) is 0 Å². The summed E-state index contributed by atoms with van der Waals surface area (Å²) in [7, 11) is 0. The summed E-state index contributed by atoms with van der Waals surface area (Å²) in [4.78, 5) is 8.33. The molecule has 0 saturated heterocycles. The van der Waals surface area contributed by atoms with Gasteiger partial charge in [-0.2, -0.15) is 0 Å². The van der Waals surface area contributed by atoms with Gasteiger partial charge >= 0.3 is 67.7 Å². The third kappa shape index (κ3) is 110. The summed E-state index contributed by atoms with van der Waals surface area (Å²) in [5.41, 5.74) is 0. The predicted molar refractivity (Wildman–Crippen MR) is 13.1 cm³/mol. The van der Waals surface area contributed by atoms with E-state index in [1.165, 1.54) is 0 Å². The molecule has 0 saturated carbocycles. The van der Waals surface area contributed by atoms with Crippen molar-refractivity contribution < 1.29 is 39.3 Å². The molecule has 0 unspecified atom stereocenters. The minimum Gasteiger partial charge on any atom is -0.870 e. The molecule has 0 aliphatic rings. The van der Waals surface area contributed by atoms with E-state index in [0.717, 1.165) is 0 Å². The van der Waals surface area contributed by atoms with Gasteiger partial charge < -0.3 is 20.5 Å². The van der Waals surface area contributed by atoms with Crippen LogP contribution in [0.4, 0.5) is 4.79 Å². The molecule has 4 nitrogen and oxygen atoms in total. The van der Waals surface area contributed by atoms with Gasteiger partial charge in [0.2, 0.25) is 0 Å².